The molecule has 146 valence electrons. The summed E-state index contributed by atoms with van der Waals surface area (Å²) in [6, 6.07) is 7.25. The normalized spacial score (nSPS) is 28.1. The number of amides is 3. The third-order valence-corrected chi connectivity index (χ3v) is 6.07. The lowest BCUT2D eigenvalue weighted by Gasteiger charge is -2.40. The van der Waals surface area contributed by atoms with Crippen LogP contribution in [0.15, 0.2) is 24.3 Å². The van der Waals surface area contributed by atoms with Crippen molar-refractivity contribution in [2.75, 3.05) is 17.2 Å². The average Bonchev–Trinajstić information content (AvgIpc) is 3.00. The van der Waals surface area contributed by atoms with Gasteiger partial charge >= 0.3 is 0 Å². The van der Waals surface area contributed by atoms with Gasteiger partial charge in [0.2, 0.25) is 17.7 Å². The smallest absolute Gasteiger partial charge is 0.229 e. The zero-order valence-electron chi connectivity index (χ0n) is 16.3. The van der Waals surface area contributed by atoms with Crippen molar-refractivity contribution in [3.63, 3.8) is 0 Å². The van der Waals surface area contributed by atoms with E-state index in [0.29, 0.717) is 29.8 Å². The SMILES string of the molecule is CC(=O)Nc1ccc(NC(=O)[C@@H]2CC(=O)N([C@@H]3CCC[C@@H](C)[C@H]3C)C2)cc1. The summed E-state index contributed by atoms with van der Waals surface area (Å²) in [6.07, 6.45) is 3.69. The second kappa shape index (κ2) is 8.11. The van der Waals surface area contributed by atoms with Gasteiger partial charge in [0.15, 0.2) is 0 Å². The second-order valence-corrected chi connectivity index (χ2v) is 8.03. The van der Waals surface area contributed by atoms with Gasteiger partial charge in [0.1, 0.15) is 0 Å². The summed E-state index contributed by atoms with van der Waals surface area (Å²) in [4.78, 5) is 38.2. The largest absolute Gasteiger partial charge is 0.339 e. The third kappa shape index (κ3) is 4.49. The molecule has 3 amide bonds. The Balaban J connectivity index is 1.59. The van der Waals surface area contributed by atoms with Crippen LogP contribution < -0.4 is 10.6 Å². The molecule has 0 radical (unpaired) electrons. The Hall–Kier alpha value is -2.37. The first-order valence-corrected chi connectivity index (χ1v) is 9.83. The first kappa shape index (κ1) is 19.4. The molecule has 6 heteroatoms. The lowest BCUT2D eigenvalue weighted by molar-refractivity contribution is -0.131. The van der Waals surface area contributed by atoms with Gasteiger partial charge in [-0.3, -0.25) is 14.4 Å². The molecule has 2 N–H and O–H groups in total. The maximum Gasteiger partial charge on any atom is 0.229 e. The third-order valence-electron chi connectivity index (χ3n) is 6.07. The number of hydrogen-bond donors (Lipinski definition) is 2. The standard InChI is InChI=1S/C21H29N3O3/c1-13-5-4-6-19(14(13)2)24-12-16(11-20(24)26)21(27)23-18-9-7-17(8-10-18)22-15(3)25/h7-10,13-14,16,19H,4-6,11-12H2,1-3H3,(H,22,25)(H,23,27)/t13-,14-,16-,19-/m1/s1. The number of carbonyl (C=O) groups excluding carboxylic acids is 3. The molecule has 1 aromatic rings. The van der Waals surface area contributed by atoms with E-state index in [0.717, 1.165) is 12.8 Å². The van der Waals surface area contributed by atoms with Crippen LogP contribution in [0, 0.1) is 17.8 Å². The number of hydrogen-bond acceptors (Lipinski definition) is 3. The minimum Gasteiger partial charge on any atom is -0.339 e. The Morgan fingerprint density at radius 1 is 1.04 bits per heavy atom. The molecule has 3 rings (SSSR count). The Morgan fingerprint density at radius 2 is 1.67 bits per heavy atom. The van der Waals surface area contributed by atoms with Crippen molar-refractivity contribution in [3.8, 4) is 0 Å². The van der Waals surface area contributed by atoms with Crippen LogP contribution in [0.25, 0.3) is 0 Å². The van der Waals surface area contributed by atoms with Crippen molar-refractivity contribution in [1.29, 1.82) is 0 Å². The van der Waals surface area contributed by atoms with Crippen LogP contribution in [0.5, 0.6) is 0 Å². The minimum absolute atomic E-state index is 0.0992. The first-order valence-electron chi connectivity index (χ1n) is 9.83. The number of nitrogens with zero attached hydrogens (tertiary/aromatic N) is 1. The summed E-state index contributed by atoms with van der Waals surface area (Å²) in [7, 11) is 0. The van der Waals surface area contributed by atoms with Crippen LogP contribution >= 0.6 is 0 Å². The minimum atomic E-state index is -0.308. The van der Waals surface area contributed by atoms with E-state index in [2.05, 4.69) is 24.5 Å². The van der Waals surface area contributed by atoms with E-state index in [4.69, 9.17) is 0 Å². The lowest BCUT2D eigenvalue weighted by atomic mass is 9.77. The molecule has 4 atom stereocenters. The predicted molar refractivity (Wildman–Crippen MR) is 105 cm³/mol. The molecular formula is C21H29N3O3. The van der Waals surface area contributed by atoms with E-state index in [9.17, 15) is 14.4 Å². The van der Waals surface area contributed by atoms with Crippen LogP contribution in [0.4, 0.5) is 11.4 Å². The molecule has 1 saturated carbocycles. The van der Waals surface area contributed by atoms with Gasteiger partial charge in [-0.1, -0.05) is 26.7 Å². The van der Waals surface area contributed by atoms with Crippen LogP contribution in [0.2, 0.25) is 0 Å². The number of likely N-dealkylation sites (tertiary alicyclic amines) is 1. The lowest BCUT2D eigenvalue weighted by Crippen LogP contribution is -2.45. The van der Waals surface area contributed by atoms with E-state index in [1.54, 1.807) is 24.3 Å². The van der Waals surface area contributed by atoms with Crippen molar-refractivity contribution in [2.24, 2.45) is 17.8 Å². The number of rotatable bonds is 4. The molecule has 1 aromatic carbocycles. The summed E-state index contributed by atoms with van der Waals surface area (Å²) in [5.74, 6) is 0.633. The van der Waals surface area contributed by atoms with E-state index in [-0.39, 0.29) is 36.1 Å². The van der Waals surface area contributed by atoms with Gasteiger partial charge in [-0.2, -0.15) is 0 Å². The Labute approximate surface area is 160 Å². The van der Waals surface area contributed by atoms with Crippen molar-refractivity contribution >= 4 is 29.1 Å². The molecule has 1 aliphatic carbocycles. The Kier molecular flexibility index (Phi) is 5.82. The molecule has 0 aromatic heterocycles. The van der Waals surface area contributed by atoms with Crippen molar-refractivity contribution in [1.82, 2.24) is 4.90 Å². The highest BCUT2D eigenvalue weighted by Crippen LogP contribution is 2.36. The van der Waals surface area contributed by atoms with Gasteiger partial charge in [-0.25, -0.2) is 0 Å². The van der Waals surface area contributed by atoms with E-state index in [1.807, 2.05) is 4.90 Å². The summed E-state index contributed by atoms with van der Waals surface area (Å²) >= 11 is 0. The first-order chi connectivity index (χ1) is 12.8. The Bertz CT molecular complexity index is 716. The van der Waals surface area contributed by atoms with Gasteiger partial charge in [0.25, 0.3) is 0 Å². The topological polar surface area (TPSA) is 78.5 Å². The highest BCUT2D eigenvalue weighted by molar-refractivity contribution is 5.97. The van der Waals surface area contributed by atoms with Crippen LogP contribution in [-0.2, 0) is 14.4 Å². The van der Waals surface area contributed by atoms with Gasteiger partial charge in [-0.05, 0) is 42.5 Å². The van der Waals surface area contributed by atoms with Crippen LogP contribution in [0.3, 0.4) is 0 Å². The molecule has 0 spiro atoms. The average molecular weight is 371 g/mol. The monoisotopic (exact) mass is 371 g/mol. The van der Waals surface area contributed by atoms with Crippen molar-refractivity contribution < 1.29 is 14.4 Å². The summed E-state index contributed by atoms with van der Waals surface area (Å²) in [6.45, 7) is 6.45. The fraction of sp³-hybridized carbons (Fsp3) is 0.571. The zero-order valence-corrected chi connectivity index (χ0v) is 16.3. The number of anilines is 2. The highest BCUT2D eigenvalue weighted by Gasteiger charge is 2.41. The predicted octanol–water partition coefficient (Wildman–Crippen LogP) is 3.26. The van der Waals surface area contributed by atoms with E-state index in [1.165, 1.54) is 13.3 Å². The molecule has 27 heavy (non-hydrogen) atoms. The molecule has 2 aliphatic rings. The van der Waals surface area contributed by atoms with Crippen LogP contribution in [-0.4, -0.2) is 35.2 Å². The van der Waals surface area contributed by atoms with Gasteiger partial charge in [0, 0.05) is 37.3 Å². The van der Waals surface area contributed by atoms with Crippen LogP contribution in [0.1, 0.15) is 46.5 Å². The molecular weight excluding hydrogens is 342 g/mol. The summed E-state index contributed by atoms with van der Waals surface area (Å²) < 4.78 is 0. The zero-order chi connectivity index (χ0) is 19.6. The molecule has 6 nitrogen and oxygen atoms in total. The van der Waals surface area contributed by atoms with Gasteiger partial charge in [0.05, 0.1) is 5.92 Å². The summed E-state index contributed by atoms with van der Waals surface area (Å²) in [5.41, 5.74) is 1.35. The Morgan fingerprint density at radius 3 is 2.30 bits per heavy atom. The molecule has 1 heterocycles. The van der Waals surface area contributed by atoms with Crippen molar-refractivity contribution in [2.45, 2.75) is 52.5 Å². The van der Waals surface area contributed by atoms with Crippen molar-refractivity contribution in [3.05, 3.63) is 24.3 Å². The second-order valence-electron chi connectivity index (χ2n) is 8.03. The molecule has 1 aliphatic heterocycles. The molecule has 1 saturated heterocycles. The fourth-order valence-electron chi connectivity index (χ4n) is 4.31. The maximum absolute atomic E-state index is 12.6. The molecule has 0 bridgehead atoms. The highest BCUT2D eigenvalue weighted by atomic mass is 16.2. The summed E-state index contributed by atoms with van der Waals surface area (Å²) in [5, 5.41) is 5.59. The van der Waals surface area contributed by atoms with Gasteiger partial charge < -0.3 is 15.5 Å². The van der Waals surface area contributed by atoms with Gasteiger partial charge in [-0.15, -0.1) is 0 Å². The number of benzene rings is 1. The van der Waals surface area contributed by atoms with E-state index >= 15 is 0 Å². The van der Waals surface area contributed by atoms with E-state index < -0.39 is 0 Å². The molecule has 0 unspecified atom stereocenters. The number of carbonyl (C=O) groups is 3. The fourth-order valence-corrected chi connectivity index (χ4v) is 4.31. The quantitative estimate of drug-likeness (QED) is 0.853. The maximum atomic E-state index is 12.6. The molecule has 2 fully saturated rings. The number of nitrogens with one attached hydrogen (secondary N) is 2.